The fraction of sp³-hybridized carbons (Fsp3) is 0.983. The second-order valence-corrected chi connectivity index (χ2v) is 20.1. The van der Waals surface area contributed by atoms with E-state index in [1.807, 2.05) is 0 Å². The van der Waals surface area contributed by atoms with E-state index in [2.05, 4.69) is 25.7 Å². The van der Waals surface area contributed by atoms with Crippen molar-refractivity contribution in [2.75, 3.05) is 13.1 Å². The Kier molecular flexibility index (Phi) is 54.1. The molecule has 0 aliphatic carbocycles. The standard InChI is InChI=1S/C58H117NO/c1-4-7-10-13-16-19-22-25-28-31-32-33-34-37-40-43-46-49-52-55-58(60)59(56-53-50-47-44-41-38-35-29-26-23-20-17-14-11-8-5-2)57-54-51-48-45-42-39-36-30-27-24-21-18-15-12-9-6-3/h4-57H2,1-3H3. The maximum absolute atomic E-state index is 13.4. The lowest BCUT2D eigenvalue weighted by Gasteiger charge is -2.23. The van der Waals surface area contributed by atoms with Crippen LogP contribution in [0.3, 0.4) is 0 Å². The summed E-state index contributed by atoms with van der Waals surface area (Å²) in [5.74, 6) is 0.462. The van der Waals surface area contributed by atoms with Gasteiger partial charge in [-0.3, -0.25) is 4.79 Å². The number of carbonyl (C=O) groups excluding carboxylic acids is 1. The molecule has 0 aliphatic heterocycles. The third-order valence-corrected chi connectivity index (χ3v) is 13.9. The van der Waals surface area contributed by atoms with E-state index in [1.165, 1.54) is 321 Å². The molecule has 0 spiro atoms. The van der Waals surface area contributed by atoms with E-state index in [0.717, 1.165) is 25.9 Å². The van der Waals surface area contributed by atoms with Gasteiger partial charge in [0.1, 0.15) is 0 Å². The van der Waals surface area contributed by atoms with Crippen LogP contribution in [0.25, 0.3) is 0 Å². The van der Waals surface area contributed by atoms with Crippen molar-refractivity contribution < 1.29 is 4.79 Å². The Morgan fingerprint density at radius 2 is 0.367 bits per heavy atom. The highest BCUT2D eigenvalue weighted by molar-refractivity contribution is 5.76. The summed E-state index contributed by atoms with van der Waals surface area (Å²) in [4.78, 5) is 15.7. The molecule has 0 bridgehead atoms. The van der Waals surface area contributed by atoms with E-state index in [-0.39, 0.29) is 0 Å². The predicted octanol–water partition coefficient (Wildman–Crippen LogP) is 21.2. The highest BCUT2D eigenvalue weighted by atomic mass is 16.2. The zero-order valence-corrected chi connectivity index (χ0v) is 42.5. The first kappa shape index (κ1) is 59.5. The minimum Gasteiger partial charge on any atom is -0.343 e. The number of carbonyl (C=O) groups is 1. The van der Waals surface area contributed by atoms with Crippen LogP contribution in [0.5, 0.6) is 0 Å². The molecule has 2 heteroatoms. The summed E-state index contributed by atoms with van der Waals surface area (Å²) in [6, 6.07) is 0. The molecule has 360 valence electrons. The third-order valence-electron chi connectivity index (χ3n) is 13.9. The topological polar surface area (TPSA) is 20.3 Å². The molecule has 0 saturated heterocycles. The second-order valence-electron chi connectivity index (χ2n) is 20.1. The Morgan fingerprint density at radius 1 is 0.217 bits per heavy atom. The number of unbranched alkanes of at least 4 members (excludes halogenated alkanes) is 48. The molecular weight excluding hydrogens is 727 g/mol. The maximum Gasteiger partial charge on any atom is 0.222 e. The van der Waals surface area contributed by atoms with Crippen molar-refractivity contribution in [2.45, 2.75) is 355 Å². The second kappa shape index (κ2) is 54.6. The zero-order valence-electron chi connectivity index (χ0n) is 42.5. The molecule has 2 nitrogen and oxygen atoms in total. The van der Waals surface area contributed by atoms with Crippen LogP contribution < -0.4 is 0 Å². The van der Waals surface area contributed by atoms with Crippen molar-refractivity contribution in [1.82, 2.24) is 4.90 Å². The summed E-state index contributed by atoms with van der Waals surface area (Å²) in [5.41, 5.74) is 0. The average Bonchev–Trinajstić information content (AvgIpc) is 3.26. The summed E-state index contributed by atoms with van der Waals surface area (Å²) in [7, 11) is 0. The van der Waals surface area contributed by atoms with Crippen LogP contribution in [0, 0.1) is 0 Å². The molecule has 0 N–H and O–H groups in total. The van der Waals surface area contributed by atoms with Crippen LogP contribution in [0.15, 0.2) is 0 Å². The first-order valence-electron chi connectivity index (χ1n) is 29.0. The summed E-state index contributed by atoms with van der Waals surface area (Å²) >= 11 is 0. The molecule has 0 radical (unpaired) electrons. The van der Waals surface area contributed by atoms with Crippen molar-refractivity contribution in [3.8, 4) is 0 Å². The van der Waals surface area contributed by atoms with Crippen molar-refractivity contribution in [1.29, 1.82) is 0 Å². The number of amides is 1. The molecule has 0 aromatic heterocycles. The largest absolute Gasteiger partial charge is 0.343 e. The highest BCUT2D eigenvalue weighted by Gasteiger charge is 2.13. The number of nitrogens with zero attached hydrogens (tertiary/aromatic N) is 1. The van der Waals surface area contributed by atoms with Gasteiger partial charge in [0.2, 0.25) is 5.91 Å². The molecule has 0 unspecified atom stereocenters. The molecule has 0 aliphatic rings. The fourth-order valence-corrected chi connectivity index (χ4v) is 9.58. The summed E-state index contributed by atoms with van der Waals surface area (Å²) in [6.07, 6.45) is 72.5. The number of rotatable bonds is 54. The molecule has 0 fully saturated rings. The minimum atomic E-state index is 0.462. The molecule has 0 atom stereocenters. The molecule has 0 aromatic rings. The summed E-state index contributed by atoms with van der Waals surface area (Å²) in [6.45, 7) is 8.94. The lowest BCUT2D eigenvalue weighted by atomic mass is 10.0. The number of hydrogen-bond acceptors (Lipinski definition) is 1. The van der Waals surface area contributed by atoms with Crippen LogP contribution in [0.2, 0.25) is 0 Å². The van der Waals surface area contributed by atoms with Crippen LogP contribution in [0.1, 0.15) is 355 Å². The Morgan fingerprint density at radius 3 is 0.550 bits per heavy atom. The lowest BCUT2D eigenvalue weighted by Crippen LogP contribution is -2.32. The van der Waals surface area contributed by atoms with Crippen molar-refractivity contribution in [3.05, 3.63) is 0 Å². The predicted molar refractivity (Wildman–Crippen MR) is 274 cm³/mol. The van der Waals surface area contributed by atoms with Gasteiger partial charge in [0.25, 0.3) is 0 Å². The van der Waals surface area contributed by atoms with Crippen molar-refractivity contribution in [2.24, 2.45) is 0 Å². The van der Waals surface area contributed by atoms with Gasteiger partial charge in [-0.05, 0) is 19.3 Å². The molecule has 1 amide bonds. The normalized spacial score (nSPS) is 11.6. The van der Waals surface area contributed by atoms with Gasteiger partial charge in [-0.2, -0.15) is 0 Å². The Balaban J connectivity index is 4.06. The van der Waals surface area contributed by atoms with Gasteiger partial charge in [-0.25, -0.2) is 0 Å². The van der Waals surface area contributed by atoms with E-state index in [1.54, 1.807) is 0 Å². The summed E-state index contributed by atoms with van der Waals surface area (Å²) in [5, 5.41) is 0. The van der Waals surface area contributed by atoms with E-state index < -0.39 is 0 Å². The van der Waals surface area contributed by atoms with Crippen molar-refractivity contribution >= 4 is 5.91 Å². The highest BCUT2D eigenvalue weighted by Crippen LogP contribution is 2.18. The smallest absolute Gasteiger partial charge is 0.222 e. The first-order valence-corrected chi connectivity index (χ1v) is 29.0. The van der Waals surface area contributed by atoms with Gasteiger partial charge in [-0.15, -0.1) is 0 Å². The van der Waals surface area contributed by atoms with Crippen molar-refractivity contribution in [3.63, 3.8) is 0 Å². The average molecular weight is 845 g/mol. The van der Waals surface area contributed by atoms with Crippen LogP contribution in [0.4, 0.5) is 0 Å². The quantitative estimate of drug-likeness (QED) is 0.0559. The summed E-state index contributed by atoms with van der Waals surface area (Å²) < 4.78 is 0. The molecule has 0 aromatic carbocycles. The van der Waals surface area contributed by atoms with E-state index in [9.17, 15) is 4.79 Å². The Hall–Kier alpha value is -0.530. The van der Waals surface area contributed by atoms with Gasteiger partial charge >= 0.3 is 0 Å². The van der Waals surface area contributed by atoms with Crippen LogP contribution in [-0.4, -0.2) is 23.9 Å². The van der Waals surface area contributed by atoms with Crippen LogP contribution >= 0.6 is 0 Å². The lowest BCUT2D eigenvalue weighted by molar-refractivity contribution is -0.131. The SMILES string of the molecule is CCCCCCCCCCCCCCCCCCCCCC(=O)N(CCCCCCCCCCCCCCCCCC)CCCCCCCCCCCCCCCCCC. The monoisotopic (exact) mass is 844 g/mol. The zero-order chi connectivity index (χ0) is 43.3. The molecule has 0 rings (SSSR count). The van der Waals surface area contributed by atoms with Crippen LogP contribution in [-0.2, 0) is 4.79 Å². The van der Waals surface area contributed by atoms with E-state index >= 15 is 0 Å². The van der Waals surface area contributed by atoms with E-state index in [0.29, 0.717) is 5.91 Å². The minimum absolute atomic E-state index is 0.462. The van der Waals surface area contributed by atoms with Gasteiger partial charge in [0, 0.05) is 19.5 Å². The van der Waals surface area contributed by atoms with E-state index in [4.69, 9.17) is 0 Å². The fourth-order valence-electron chi connectivity index (χ4n) is 9.58. The van der Waals surface area contributed by atoms with Gasteiger partial charge in [0.05, 0.1) is 0 Å². The number of hydrogen-bond donors (Lipinski definition) is 0. The Bertz CT molecular complexity index is 728. The van der Waals surface area contributed by atoms with Gasteiger partial charge in [-0.1, -0.05) is 329 Å². The maximum atomic E-state index is 13.4. The Labute approximate surface area is 381 Å². The van der Waals surface area contributed by atoms with Gasteiger partial charge in [0.15, 0.2) is 0 Å². The molecule has 0 saturated carbocycles. The molecular formula is C58H117NO. The molecule has 60 heavy (non-hydrogen) atoms. The third kappa shape index (κ3) is 50.1. The first-order chi connectivity index (χ1) is 29.8. The molecule has 0 heterocycles. The van der Waals surface area contributed by atoms with Gasteiger partial charge < -0.3 is 4.90 Å².